The van der Waals surface area contributed by atoms with E-state index in [1.807, 2.05) is 0 Å². The average molecular weight is 406 g/mol. The summed E-state index contributed by atoms with van der Waals surface area (Å²) in [5.41, 5.74) is -1.13. The van der Waals surface area contributed by atoms with E-state index in [9.17, 15) is 29.4 Å². The van der Waals surface area contributed by atoms with Gasteiger partial charge in [-0.3, -0.25) is 9.59 Å². The van der Waals surface area contributed by atoms with Crippen molar-refractivity contribution in [3.8, 4) is 0 Å². The van der Waals surface area contributed by atoms with E-state index in [0.29, 0.717) is 0 Å². The van der Waals surface area contributed by atoms with Crippen molar-refractivity contribution in [2.24, 2.45) is 0 Å². The first-order valence-electron chi connectivity index (χ1n) is 8.48. The third-order valence-electron chi connectivity index (χ3n) is 3.84. The molecule has 0 fully saturated rings. The van der Waals surface area contributed by atoms with Gasteiger partial charge in [0.2, 0.25) is 0 Å². The fraction of sp³-hybridized carbons (Fsp3) is 0. The van der Waals surface area contributed by atoms with E-state index in [-0.39, 0.29) is 11.1 Å². The summed E-state index contributed by atoms with van der Waals surface area (Å²) in [6.07, 6.45) is 0. The van der Waals surface area contributed by atoms with Crippen LogP contribution in [0, 0.1) is 0 Å². The molecule has 0 spiro atoms. The summed E-state index contributed by atoms with van der Waals surface area (Å²) in [4.78, 5) is 55.3. The van der Waals surface area contributed by atoms with E-state index >= 15 is 0 Å². The minimum atomic E-state index is -1.60. The third-order valence-corrected chi connectivity index (χ3v) is 3.84. The number of carbonyl (C=O) groups is 4. The molecule has 1 aromatic heterocycles. The second-order valence-electron chi connectivity index (χ2n) is 5.87. The molecule has 0 aliphatic heterocycles. The van der Waals surface area contributed by atoms with Crippen molar-refractivity contribution < 1.29 is 29.4 Å². The van der Waals surface area contributed by atoms with Gasteiger partial charge in [0, 0.05) is 11.1 Å². The summed E-state index contributed by atoms with van der Waals surface area (Å²) in [6, 6.07) is 15.8. The number of carbonyl (C=O) groups excluding carboxylic acids is 2. The zero-order valence-corrected chi connectivity index (χ0v) is 15.2. The van der Waals surface area contributed by atoms with Gasteiger partial charge in [0.25, 0.3) is 11.8 Å². The maximum atomic E-state index is 12.4. The number of nitrogens with zero attached hydrogens (tertiary/aromatic N) is 2. The van der Waals surface area contributed by atoms with E-state index in [4.69, 9.17) is 0 Å². The molecular weight excluding hydrogens is 392 g/mol. The van der Waals surface area contributed by atoms with Gasteiger partial charge in [-0.05, 0) is 24.3 Å². The van der Waals surface area contributed by atoms with Crippen LogP contribution in [0.3, 0.4) is 0 Å². The fourth-order valence-electron chi connectivity index (χ4n) is 2.45. The normalized spacial score (nSPS) is 10.1. The number of nitrogens with one attached hydrogen (secondary N) is 2. The van der Waals surface area contributed by atoms with Gasteiger partial charge < -0.3 is 20.8 Å². The molecule has 0 aliphatic rings. The molecule has 0 unspecified atom stereocenters. The number of aromatic carboxylic acids is 2. The van der Waals surface area contributed by atoms with Crippen LogP contribution in [0.2, 0.25) is 0 Å². The first-order valence-corrected chi connectivity index (χ1v) is 8.48. The SMILES string of the molecule is O=C(Nc1nc(NC(=O)c2ccccc2)c(C(=O)O)nc1C(=O)O)c1ccccc1. The van der Waals surface area contributed by atoms with E-state index in [1.54, 1.807) is 36.4 Å². The van der Waals surface area contributed by atoms with Gasteiger partial charge in [0.15, 0.2) is 23.0 Å². The fourth-order valence-corrected chi connectivity index (χ4v) is 2.45. The van der Waals surface area contributed by atoms with Crippen molar-refractivity contribution in [1.29, 1.82) is 0 Å². The first-order chi connectivity index (χ1) is 14.4. The zero-order valence-electron chi connectivity index (χ0n) is 15.2. The summed E-state index contributed by atoms with van der Waals surface area (Å²) in [6.45, 7) is 0. The summed E-state index contributed by atoms with van der Waals surface area (Å²) in [5, 5.41) is 23.3. The highest BCUT2D eigenvalue weighted by Crippen LogP contribution is 2.20. The Morgan fingerprint density at radius 3 is 1.30 bits per heavy atom. The van der Waals surface area contributed by atoms with Gasteiger partial charge in [-0.2, -0.15) is 0 Å². The van der Waals surface area contributed by atoms with Crippen LogP contribution in [-0.4, -0.2) is 43.9 Å². The molecule has 0 saturated heterocycles. The number of carboxylic acids is 2. The van der Waals surface area contributed by atoms with Crippen LogP contribution < -0.4 is 10.6 Å². The maximum Gasteiger partial charge on any atom is 0.358 e. The topological polar surface area (TPSA) is 159 Å². The Hall–Kier alpha value is -4.60. The molecule has 0 saturated carbocycles. The number of anilines is 2. The second-order valence-corrected chi connectivity index (χ2v) is 5.87. The minimum absolute atomic E-state index is 0.216. The Labute approximate surface area is 169 Å². The average Bonchev–Trinajstić information content (AvgIpc) is 2.74. The molecule has 0 bridgehead atoms. The smallest absolute Gasteiger partial charge is 0.358 e. The third kappa shape index (κ3) is 4.44. The van der Waals surface area contributed by atoms with Crippen LogP contribution in [0.1, 0.15) is 41.7 Å². The molecule has 0 radical (unpaired) electrons. The number of hydrogen-bond acceptors (Lipinski definition) is 6. The molecule has 150 valence electrons. The number of rotatable bonds is 6. The van der Waals surface area contributed by atoms with Crippen LogP contribution in [0.25, 0.3) is 0 Å². The van der Waals surface area contributed by atoms with Crippen molar-refractivity contribution in [2.45, 2.75) is 0 Å². The van der Waals surface area contributed by atoms with Crippen molar-refractivity contribution in [1.82, 2.24) is 9.97 Å². The van der Waals surface area contributed by atoms with Crippen LogP contribution >= 0.6 is 0 Å². The van der Waals surface area contributed by atoms with Crippen LogP contribution in [0.4, 0.5) is 11.6 Å². The lowest BCUT2D eigenvalue weighted by atomic mass is 10.2. The highest BCUT2D eigenvalue weighted by Gasteiger charge is 2.25. The Kier molecular flexibility index (Phi) is 5.78. The lowest BCUT2D eigenvalue weighted by molar-refractivity contribution is 0.0686. The first kappa shape index (κ1) is 20.1. The Balaban J connectivity index is 2.02. The molecule has 10 heteroatoms. The molecule has 0 aliphatic carbocycles. The predicted octanol–water partition coefficient (Wildman–Crippen LogP) is 2.38. The van der Waals surface area contributed by atoms with Crippen molar-refractivity contribution in [2.75, 3.05) is 10.6 Å². The van der Waals surface area contributed by atoms with Crippen molar-refractivity contribution in [3.63, 3.8) is 0 Å². The Bertz CT molecular complexity index is 1050. The van der Waals surface area contributed by atoms with Crippen molar-refractivity contribution in [3.05, 3.63) is 83.2 Å². The van der Waals surface area contributed by atoms with E-state index in [2.05, 4.69) is 20.6 Å². The van der Waals surface area contributed by atoms with E-state index in [0.717, 1.165) is 0 Å². The van der Waals surface area contributed by atoms with Gasteiger partial charge in [0.1, 0.15) is 0 Å². The number of carboxylic acid groups (broad SMARTS) is 2. The number of aromatic nitrogens is 2. The Morgan fingerprint density at radius 2 is 0.967 bits per heavy atom. The molecule has 2 amide bonds. The highest BCUT2D eigenvalue weighted by atomic mass is 16.4. The standard InChI is InChI=1S/C20H14N4O6/c25-17(11-7-3-1-4-8-11)23-15-13(19(27)28)21-14(20(29)30)16(22-15)24-18(26)12-9-5-2-6-10-12/h1-10H,(H,27,28)(H,29,30)(H2,22,23,24,25,26). The summed E-state index contributed by atoms with van der Waals surface area (Å²) < 4.78 is 0. The summed E-state index contributed by atoms with van der Waals surface area (Å²) >= 11 is 0. The van der Waals surface area contributed by atoms with Crippen molar-refractivity contribution >= 4 is 35.4 Å². The van der Waals surface area contributed by atoms with Gasteiger partial charge in [-0.15, -0.1) is 0 Å². The summed E-state index contributed by atoms with van der Waals surface area (Å²) in [5.74, 6) is -5.59. The minimum Gasteiger partial charge on any atom is -0.476 e. The molecular formula is C20H14N4O6. The maximum absolute atomic E-state index is 12.4. The number of benzene rings is 2. The second kappa shape index (κ2) is 8.61. The lowest BCUT2D eigenvalue weighted by Crippen LogP contribution is -2.23. The Morgan fingerprint density at radius 1 is 0.600 bits per heavy atom. The van der Waals surface area contributed by atoms with Crippen LogP contribution in [-0.2, 0) is 0 Å². The van der Waals surface area contributed by atoms with Gasteiger partial charge in [-0.1, -0.05) is 36.4 Å². The summed E-state index contributed by atoms with van der Waals surface area (Å²) in [7, 11) is 0. The quantitative estimate of drug-likeness (QED) is 0.485. The zero-order chi connectivity index (χ0) is 21.7. The van der Waals surface area contributed by atoms with Gasteiger partial charge in [0.05, 0.1) is 0 Å². The van der Waals surface area contributed by atoms with E-state index in [1.165, 1.54) is 24.3 Å². The highest BCUT2D eigenvalue weighted by molar-refractivity contribution is 6.09. The molecule has 0 atom stereocenters. The molecule has 3 rings (SSSR count). The van der Waals surface area contributed by atoms with Gasteiger partial charge >= 0.3 is 11.9 Å². The number of hydrogen-bond donors (Lipinski definition) is 4. The molecule has 3 aromatic rings. The predicted molar refractivity (Wildman–Crippen MR) is 105 cm³/mol. The van der Waals surface area contributed by atoms with Gasteiger partial charge in [-0.25, -0.2) is 19.6 Å². The monoisotopic (exact) mass is 406 g/mol. The molecule has 1 heterocycles. The van der Waals surface area contributed by atoms with Crippen LogP contribution in [0.5, 0.6) is 0 Å². The van der Waals surface area contributed by atoms with E-state index < -0.39 is 46.8 Å². The molecule has 2 aromatic carbocycles. The lowest BCUT2D eigenvalue weighted by Gasteiger charge is -2.12. The molecule has 4 N–H and O–H groups in total. The number of amides is 2. The largest absolute Gasteiger partial charge is 0.476 e. The molecule has 10 nitrogen and oxygen atoms in total. The van der Waals surface area contributed by atoms with Crippen LogP contribution in [0.15, 0.2) is 60.7 Å². The molecule has 30 heavy (non-hydrogen) atoms.